The molecule has 3 heteroatoms. The number of hydrogen-bond acceptors (Lipinski definition) is 2. The maximum Gasteiger partial charge on any atom is 0.119 e. The van der Waals surface area contributed by atoms with Crippen LogP contribution in [0.5, 0.6) is 0 Å². The van der Waals surface area contributed by atoms with Crippen LogP contribution in [-0.4, -0.2) is 11.2 Å². The van der Waals surface area contributed by atoms with Crippen molar-refractivity contribution in [3.63, 3.8) is 0 Å². The average Bonchev–Trinajstić information content (AvgIpc) is 2.57. The molecule has 15 heavy (non-hydrogen) atoms. The second-order valence-corrected chi connectivity index (χ2v) is 4.74. The first kappa shape index (κ1) is 10.5. The van der Waals surface area contributed by atoms with Crippen molar-refractivity contribution in [1.29, 1.82) is 0 Å². The van der Waals surface area contributed by atoms with E-state index in [1.165, 1.54) is 0 Å². The van der Waals surface area contributed by atoms with Crippen LogP contribution in [-0.2, 0) is 6.42 Å². The highest BCUT2D eigenvalue weighted by molar-refractivity contribution is 7.19. The molecule has 1 N–H and O–H groups in total. The smallest absolute Gasteiger partial charge is 0.119 e. The summed E-state index contributed by atoms with van der Waals surface area (Å²) in [7, 11) is 0. The normalized spacial score (nSPS) is 12.6. The molecule has 0 bridgehead atoms. The van der Waals surface area contributed by atoms with Crippen molar-refractivity contribution in [1.82, 2.24) is 0 Å². The predicted octanol–water partition coefficient (Wildman–Crippen LogP) is 3.09. The summed E-state index contributed by atoms with van der Waals surface area (Å²) in [5.41, 5.74) is 0. The molecule has 0 saturated heterocycles. The summed E-state index contributed by atoms with van der Waals surface area (Å²) < 4.78 is 1.13. The van der Waals surface area contributed by atoms with E-state index in [0.29, 0.717) is 11.4 Å². The van der Waals surface area contributed by atoms with Gasteiger partial charge in [-0.15, -0.1) is 17.8 Å². The summed E-state index contributed by atoms with van der Waals surface area (Å²) in [6.45, 7) is 0. The molecule has 0 aliphatic carbocycles. The Bertz CT molecular complexity index is 524. The minimum atomic E-state index is -0.754. The van der Waals surface area contributed by atoms with Crippen LogP contribution in [0.15, 0.2) is 24.3 Å². The first-order valence-electron chi connectivity index (χ1n) is 4.52. The van der Waals surface area contributed by atoms with Gasteiger partial charge in [-0.1, -0.05) is 35.7 Å². The van der Waals surface area contributed by atoms with E-state index >= 15 is 0 Å². The monoisotopic (exact) mass is 236 g/mol. The van der Waals surface area contributed by atoms with Crippen LogP contribution in [0.3, 0.4) is 0 Å². The number of hydrogen-bond donors (Lipinski definition) is 1. The van der Waals surface area contributed by atoms with Gasteiger partial charge in [-0.3, -0.25) is 0 Å². The van der Waals surface area contributed by atoms with Crippen LogP contribution >= 0.6 is 22.9 Å². The number of terminal acetylenes is 1. The fraction of sp³-hybridized carbons (Fsp3) is 0.167. The molecule has 1 unspecified atom stereocenters. The van der Waals surface area contributed by atoms with Crippen molar-refractivity contribution in [3.8, 4) is 12.3 Å². The van der Waals surface area contributed by atoms with Crippen LogP contribution in [0.4, 0.5) is 0 Å². The molecule has 2 aromatic rings. The maximum absolute atomic E-state index is 9.37. The molecule has 1 aromatic heterocycles. The van der Waals surface area contributed by atoms with Gasteiger partial charge < -0.3 is 5.11 Å². The summed E-state index contributed by atoms with van der Waals surface area (Å²) >= 11 is 7.77. The highest BCUT2D eigenvalue weighted by atomic mass is 35.5. The molecule has 0 spiro atoms. The lowest BCUT2D eigenvalue weighted by Gasteiger charge is -2.00. The minimum Gasteiger partial charge on any atom is -0.380 e. The Balaban J connectivity index is 2.45. The molecule has 0 aliphatic rings. The van der Waals surface area contributed by atoms with E-state index in [2.05, 4.69) is 5.92 Å². The van der Waals surface area contributed by atoms with Crippen LogP contribution in [0, 0.1) is 12.3 Å². The zero-order valence-electron chi connectivity index (χ0n) is 7.90. The molecule has 76 valence electrons. The van der Waals surface area contributed by atoms with Crippen molar-refractivity contribution in [2.75, 3.05) is 0 Å². The third-order valence-corrected chi connectivity index (χ3v) is 3.91. The zero-order chi connectivity index (χ0) is 10.8. The van der Waals surface area contributed by atoms with E-state index < -0.39 is 6.10 Å². The first-order valence-corrected chi connectivity index (χ1v) is 5.72. The van der Waals surface area contributed by atoms with Crippen molar-refractivity contribution in [2.24, 2.45) is 0 Å². The van der Waals surface area contributed by atoms with Crippen LogP contribution in [0.1, 0.15) is 4.88 Å². The zero-order valence-corrected chi connectivity index (χ0v) is 9.48. The number of rotatable bonds is 2. The van der Waals surface area contributed by atoms with Crippen molar-refractivity contribution in [2.45, 2.75) is 12.5 Å². The van der Waals surface area contributed by atoms with E-state index in [1.54, 1.807) is 11.3 Å². The Hall–Kier alpha value is -1.01. The van der Waals surface area contributed by atoms with Crippen LogP contribution < -0.4 is 0 Å². The molecule has 0 aliphatic heterocycles. The topological polar surface area (TPSA) is 20.2 Å². The van der Waals surface area contributed by atoms with Crippen LogP contribution in [0.25, 0.3) is 10.1 Å². The third kappa shape index (κ3) is 2.00. The third-order valence-electron chi connectivity index (χ3n) is 2.17. The van der Waals surface area contributed by atoms with Gasteiger partial charge in [0.2, 0.25) is 0 Å². The lowest BCUT2D eigenvalue weighted by Crippen LogP contribution is -2.05. The number of fused-ring (bicyclic) bond motifs is 1. The number of aliphatic hydroxyl groups excluding tert-OH is 1. The van der Waals surface area contributed by atoms with E-state index in [0.717, 1.165) is 15.0 Å². The summed E-state index contributed by atoms with van der Waals surface area (Å²) in [6.07, 6.45) is 4.80. The SMILES string of the molecule is C#CC(O)Cc1sc2ccccc2c1Cl. The quantitative estimate of drug-likeness (QED) is 0.795. The van der Waals surface area contributed by atoms with Gasteiger partial charge in [0.1, 0.15) is 6.10 Å². The Morgan fingerprint density at radius 1 is 1.47 bits per heavy atom. The van der Waals surface area contributed by atoms with E-state index in [1.807, 2.05) is 24.3 Å². The van der Waals surface area contributed by atoms with Gasteiger partial charge in [-0.05, 0) is 6.07 Å². The molecule has 1 aromatic carbocycles. The summed E-state index contributed by atoms with van der Waals surface area (Å²) in [6, 6.07) is 7.90. The molecule has 1 nitrogen and oxygen atoms in total. The number of benzene rings is 1. The van der Waals surface area contributed by atoms with Gasteiger partial charge >= 0.3 is 0 Å². The Labute approximate surface area is 97.3 Å². The van der Waals surface area contributed by atoms with Gasteiger partial charge in [0.05, 0.1) is 5.02 Å². The minimum absolute atomic E-state index is 0.425. The lowest BCUT2D eigenvalue weighted by atomic mass is 10.2. The second kappa shape index (κ2) is 4.24. The molecule has 2 rings (SSSR count). The molecular formula is C12H9ClOS. The Morgan fingerprint density at radius 2 is 2.20 bits per heavy atom. The number of halogens is 1. The number of thiophene rings is 1. The highest BCUT2D eigenvalue weighted by Crippen LogP contribution is 2.35. The first-order chi connectivity index (χ1) is 7.22. The molecular weight excluding hydrogens is 228 g/mol. The lowest BCUT2D eigenvalue weighted by molar-refractivity contribution is 0.234. The maximum atomic E-state index is 9.37. The average molecular weight is 237 g/mol. The van der Waals surface area contributed by atoms with Gasteiger partial charge in [-0.2, -0.15) is 0 Å². The van der Waals surface area contributed by atoms with Crippen molar-refractivity contribution >= 4 is 33.0 Å². The molecule has 0 fully saturated rings. The van der Waals surface area contributed by atoms with E-state index in [4.69, 9.17) is 18.0 Å². The fourth-order valence-corrected chi connectivity index (χ4v) is 2.98. The largest absolute Gasteiger partial charge is 0.380 e. The van der Waals surface area contributed by atoms with Gasteiger partial charge in [0.15, 0.2) is 0 Å². The van der Waals surface area contributed by atoms with Crippen molar-refractivity contribution < 1.29 is 5.11 Å². The number of aliphatic hydroxyl groups is 1. The fourth-order valence-electron chi connectivity index (χ4n) is 1.43. The molecule has 0 radical (unpaired) electrons. The van der Waals surface area contributed by atoms with E-state index in [9.17, 15) is 5.11 Å². The van der Waals surface area contributed by atoms with Gasteiger partial charge in [0.25, 0.3) is 0 Å². The van der Waals surface area contributed by atoms with Crippen molar-refractivity contribution in [3.05, 3.63) is 34.2 Å². The predicted molar refractivity (Wildman–Crippen MR) is 65.4 cm³/mol. The Morgan fingerprint density at radius 3 is 2.87 bits per heavy atom. The van der Waals surface area contributed by atoms with Gasteiger partial charge in [0, 0.05) is 21.4 Å². The molecule has 0 saturated carbocycles. The summed E-state index contributed by atoms with van der Waals surface area (Å²) in [5, 5.41) is 11.1. The Kier molecular flexibility index (Phi) is 2.97. The molecule has 1 atom stereocenters. The molecule has 0 amide bonds. The summed E-state index contributed by atoms with van der Waals surface area (Å²) in [5.74, 6) is 2.29. The standard InChI is InChI=1S/C12H9ClOS/c1-2-8(14)7-11-12(13)9-5-3-4-6-10(9)15-11/h1,3-6,8,14H,7H2. The van der Waals surface area contributed by atoms with E-state index in [-0.39, 0.29) is 0 Å². The summed E-state index contributed by atoms with van der Waals surface area (Å²) in [4.78, 5) is 0.948. The second-order valence-electron chi connectivity index (χ2n) is 3.22. The molecule has 1 heterocycles. The highest BCUT2D eigenvalue weighted by Gasteiger charge is 2.12. The van der Waals surface area contributed by atoms with Crippen LogP contribution in [0.2, 0.25) is 5.02 Å². The van der Waals surface area contributed by atoms with Gasteiger partial charge in [-0.25, -0.2) is 0 Å².